The molecule has 1 amide bonds. The van der Waals surface area contributed by atoms with Crippen LogP contribution in [0.5, 0.6) is 0 Å². The number of anilines is 2. The number of nitrogens with one attached hydrogen (secondary N) is 1. The number of carbonyl (C=O) groups excluding carboxylic acids is 1. The molecule has 0 saturated carbocycles. The van der Waals surface area contributed by atoms with Crippen LogP contribution in [-0.4, -0.2) is 57.5 Å². The van der Waals surface area contributed by atoms with Crippen molar-refractivity contribution in [3.8, 4) is 0 Å². The molecular formula is C21H25N3O4S. The Hall–Kier alpha value is -2.42. The van der Waals surface area contributed by atoms with Crippen molar-refractivity contribution in [1.82, 2.24) is 4.31 Å². The third-order valence-corrected chi connectivity index (χ3v) is 7.29. The number of benzene rings is 2. The Balaban J connectivity index is 1.40. The van der Waals surface area contributed by atoms with Gasteiger partial charge >= 0.3 is 0 Å². The van der Waals surface area contributed by atoms with Crippen LogP contribution in [0, 0.1) is 0 Å². The van der Waals surface area contributed by atoms with E-state index in [-0.39, 0.29) is 23.4 Å². The van der Waals surface area contributed by atoms with E-state index in [4.69, 9.17) is 4.74 Å². The summed E-state index contributed by atoms with van der Waals surface area (Å²) in [6, 6.07) is 14.6. The number of nitrogens with zero attached hydrogens (tertiary/aromatic N) is 2. The normalized spacial score (nSPS) is 19.8. The number of ether oxygens (including phenoxy) is 1. The van der Waals surface area contributed by atoms with Gasteiger partial charge in [0.2, 0.25) is 15.9 Å². The fraction of sp³-hybridized carbons (Fsp3) is 0.381. The van der Waals surface area contributed by atoms with E-state index in [0.29, 0.717) is 32.0 Å². The molecule has 2 heterocycles. The predicted molar refractivity (Wildman–Crippen MR) is 112 cm³/mol. The van der Waals surface area contributed by atoms with Gasteiger partial charge in [0, 0.05) is 30.5 Å². The lowest BCUT2D eigenvalue weighted by atomic mass is 10.1. The van der Waals surface area contributed by atoms with Gasteiger partial charge in [-0.1, -0.05) is 18.2 Å². The number of hydrogen-bond donors (Lipinski definition) is 1. The maximum atomic E-state index is 12.8. The van der Waals surface area contributed by atoms with Crippen molar-refractivity contribution in [2.24, 2.45) is 0 Å². The first kappa shape index (κ1) is 19.9. The lowest BCUT2D eigenvalue weighted by Gasteiger charge is -2.26. The molecule has 0 bridgehead atoms. The quantitative estimate of drug-likeness (QED) is 0.809. The van der Waals surface area contributed by atoms with E-state index in [0.717, 1.165) is 12.1 Å². The van der Waals surface area contributed by atoms with Crippen molar-refractivity contribution >= 4 is 27.3 Å². The van der Waals surface area contributed by atoms with Crippen molar-refractivity contribution in [2.45, 2.75) is 24.3 Å². The van der Waals surface area contributed by atoms with Crippen molar-refractivity contribution in [3.05, 3.63) is 54.1 Å². The van der Waals surface area contributed by atoms with E-state index in [1.807, 2.05) is 30.0 Å². The summed E-state index contributed by atoms with van der Waals surface area (Å²) in [4.78, 5) is 14.9. The number of para-hydroxylation sites is 1. The lowest BCUT2D eigenvalue weighted by molar-refractivity contribution is -0.117. The van der Waals surface area contributed by atoms with Crippen molar-refractivity contribution < 1.29 is 17.9 Å². The lowest BCUT2D eigenvalue weighted by Crippen LogP contribution is -2.40. The molecule has 2 aromatic rings. The maximum Gasteiger partial charge on any atom is 0.246 e. The van der Waals surface area contributed by atoms with Crippen molar-refractivity contribution in [3.63, 3.8) is 0 Å². The fourth-order valence-corrected chi connectivity index (χ4v) is 5.30. The Morgan fingerprint density at radius 2 is 1.79 bits per heavy atom. The van der Waals surface area contributed by atoms with Gasteiger partial charge in [-0.15, -0.1) is 0 Å². The highest BCUT2D eigenvalue weighted by molar-refractivity contribution is 7.89. The third kappa shape index (κ3) is 4.01. The zero-order chi connectivity index (χ0) is 20.4. The van der Waals surface area contributed by atoms with Crippen molar-refractivity contribution in [1.29, 1.82) is 0 Å². The first-order valence-electron chi connectivity index (χ1n) is 9.78. The molecule has 154 valence electrons. The molecule has 1 saturated heterocycles. The summed E-state index contributed by atoms with van der Waals surface area (Å²) in [5, 5.41) is 3.11. The van der Waals surface area contributed by atoms with E-state index in [2.05, 4.69) is 11.4 Å². The number of carbonyl (C=O) groups is 1. The summed E-state index contributed by atoms with van der Waals surface area (Å²) in [5.74, 6) is -0.00698. The van der Waals surface area contributed by atoms with Gasteiger partial charge < -0.3 is 15.0 Å². The fourth-order valence-electron chi connectivity index (χ4n) is 3.89. The van der Waals surface area contributed by atoms with E-state index < -0.39 is 10.0 Å². The minimum absolute atomic E-state index is 0.00698. The summed E-state index contributed by atoms with van der Waals surface area (Å²) >= 11 is 0. The van der Waals surface area contributed by atoms with Gasteiger partial charge in [0.25, 0.3) is 0 Å². The van der Waals surface area contributed by atoms with E-state index in [1.165, 1.54) is 9.87 Å². The average Bonchev–Trinajstić information content (AvgIpc) is 3.08. The van der Waals surface area contributed by atoms with Gasteiger partial charge in [-0.2, -0.15) is 4.31 Å². The monoisotopic (exact) mass is 415 g/mol. The zero-order valence-electron chi connectivity index (χ0n) is 16.4. The summed E-state index contributed by atoms with van der Waals surface area (Å²) in [5.41, 5.74) is 2.86. The number of rotatable bonds is 5. The molecule has 0 aromatic heterocycles. The molecule has 2 aliphatic heterocycles. The van der Waals surface area contributed by atoms with Crippen LogP contribution in [0.15, 0.2) is 53.4 Å². The highest BCUT2D eigenvalue weighted by Gasteiger charge is 2.30. The molecule has 0 spiro atoms. The second-order valence-electron chi connectivity index (χ2n) is 7.34. The second kappa shape index (κ2) is 8.14. The smallest absolute Gasteiger partial charge is 0.246 e. The molecule has 1 fully saturated rings. The first-order valence-corrected chi connectivity index (χ1v) is 11.2. The Morgan fingerprint density at radius 3 is 2.52 bits per heavy atom. The van der Waals surface area contributed by atoms with E-state index in [1.54, 1.807) is 24.3 Å². The summed E-state index contributed by atoms with van der Waals surface area (Å²) in [6.45, 7) is 3.76. The zero-order valence-corrected chi connectivity index (χ0v) is 17.2. The summed E-state index contributed by atoms with van der Waals surface area (Å²) < 4.78 is 32.0. The highest BCUT2D eigenvalue weighted by atomic mass is 32.2. The van der Waals surface area contributed by atoms with Crippen LogP contribution in [0.1, 0.15) is 12.5 Å². The van der Waals surface area contributed by atoms with Crippen LogP contribution >= 0.6 is 0 Å². The van der Waals surface area contributed by atoms with Crippen LogP contribution in [0.3, 0.4) is 0 Å². The number of fused-ring (bicyclic) bond motifs is 1. The van der Waals surface area contributed by atoms with Gasteiger partial charge in [0.1, 0.15) is 0 Å². The van der Waals surface area contributed by atoms with Crippen molar-refractivity contribution in [2.75, 3.05) is 43.1 Å². The Kier molecular flexibility index (Phi) is 5.58. The third-order valence-electron chi connectivity index (χ3n) is 5.38. The second-order valence-corrected chi connectivity index (χ2v) is 9.28. The Labute approximate surface area is 171 Å². The molecule has 8 heteroatoms. The van der Waals surface area contributed by atoms with Crippen LogP contribution in [0.25, 0.3) is 0 Å². The molecule has 0 radical (unpaired) electrons. The minimum atomic E-state index is -3.51. The number of hydrogen-bond acceptors (Lipinski definition) is 5. The molecule has 0 unspecified atom stereocenters. The maximum absolute atomic E-state index is 12.8. The molecular weight excluding hydrogens is 390 g/mol. The molecule has 0 aliphatic carbocycles. The molecule has 1 N–H and O–H groups in total. The molecule has 2 aromatic carbocycles. The topological polar surface area (TPSA) is 79.0 Å². The first-order chi connectivity index (χ1) is 14.0. The Morgan fingerprint density at radius 1 is 1.10 bits per heavy atom. The SMILES string of the molecule is C[C@H]1Cc2ccccc2N1C(=O)CNc1ccc(S(=O)(=O)N2CCOCC2)cc1. The average molecular weight is 416 g/mol. The standard InChI is InChI=1S/C21H25N3O4S/c1-16-14-17-4-2-3-5-20(17)24(16)21(25)15-22-18-6-8-19(9-7-18)29(26,27)23-10-12-28-13-11-23/h2-9,16,22H,10-15H2,1H3/t16-/m0/s1. The molecule has 29 heavy (non-hydrogen) atoms. The number of amides is 1. The summed E-state index contributed by atoms with van der Waals surface area (Å²) in [6.07, 6.45) is 0.857. The van der Waals surface area contributed by atoms with Gasteiger partial charge in [-0.25, -0.2) is 8.42 Å². The van der Waals surface area contributed by atoms with E-state index >= 15 is 0 Å². The minimum Gasteiger partial charge on any atom is -0.379 e. The van der Waals surface area contributed by atoms with Crippen LogP contribution in [0.4, 0.5) is 11.4 Å². The van der Waals surface area contributed by atoms with Gasteiger partial charge in [-0.05, 0) is 49.2 Å². The number of sulfonamides is 1. The Bertz CT molecular complexity index is 985. The summed E-state index contributed by atoms with van der Waals surface area (Å²) in [7, 11) is -3.51. The predicted octanol–water partition coefficient (Wildman–Crippen LogP) is 2.10. The van der Waals surface area contributed by atoms with Crippen LogP contribution < -0.4 is 10.2 Å². The number of morpholine rings is 1. The highest BCUT2D eigenvalue weighted by Crippen LogP contribution is 2.31. The van der Waals surface area contributed by atoms with Gasteiger partial charge in [-0.3, -0.25) is 4.79 Å². The molecule has 2 aliphatic rings. The molecule has 4 rings (SSSR count). The molecule has 1 atom stereocenters. The van der Waals surface area contributed by atoms with Gasteiger partial charge in [0.15, 0.2) is 0 Å². The van der Waals surface area contributed by atoms with Crippen LogP contribution in [0.2, 0.25) is 0 Å². The van der Waals surface area contributed by atoms with E-state index in [9.17, 15) is 13.2 Å². The largest absolute Gasteiger partial charge is 0.379 e. The van der Waals surface area contributed by atoms with Gasteiger partial charge in [0.05, 0.1) is 24.7 Å². The molecule has 7 nitrogen and oxygen atoms in total. The van der Waals surface area contributed by atoms with Crippen LogP contribution in [-0.2, 0) is 26.0 Å².